The highest BCUT2D eigenvalue weighted by Gasteiger charge is 2.38. The molecule has 1 aromatic rings. The van der Waals surface area contributed by atoms with Crippen molar-refractivity contribution in [2.75, 3.05) is 6.54 Å². The molecule has 0 spiro atoms. The second-order valence-corrected chi connectivity index (χ2v) is 6.11. The van der Waals surface area contributed by atoms with Crippen LogP contribution in [0.25, 0.3) is 0 Å². The van der Waals surface area contributed by atoms with Gasteiger partial charge >= 0.3 is 0 Å². The standard InChI is InChI=1S/C17H20N2O4/c1-11(20)19-17(7-4-8-17)10-18-16(22)15-9-13(21)12-5-2-3-6-14(12)23-15/h2-3,5-6,9,13,21H,4,7-8,10H2,1H3,(H,18,22)(H,19,20). The van der Waals surface area contributed by atoms with Gasteiger partial charge in [0.1, 0.15) is 11.9 Å². The Bertz CT molecular complexity index is 664. The fourth-order valence-electron chi connectivity index (χ4n) is 2.99. The number of rotatable bonds is 4. The summed E-state index contributed by atoms with van der Waals surface area (Å²) in [6, 6.07) is 7.06. The van der Waals surface area contributed by atoms with Gasteiger partial charge in [0, 0.05) is 19.0 Å². The molecule has 1 saturated carbocycles. The Kier molecular flexibility index (Phi) is 4.09. The first-order valence-electron chi connectivity index (χ1n) is 7.73. The van der Waals surface area contributed by atoms with Crippen LogP contribution in [0.1, 0.15) is 37.9 Å². The van der Waals surface area contributed by atoms with Gasteiger partial charge in [-0.15, -0.1) is 0 Å². The molecule has 3 rings (SSSR count). The number of hydrogen-bond acceptors (Lipinski definition) is 4. The van der Waals surface area contributed by atoms with Crippen LogP contribution < -0.4 is 15.4 Å². The Balaban J connectivity index is 1.64. The largest absolute Gasteiger partial charge is 0.451 e. The summed E-state index contributed by atoms with van der Waals surface area (Å²) < 4.78 is 5.56. The van der Waals surface area contributed by atoms with Crippen LogP contribution in [0.5, 0.6) is 5.75 Å². The zero-order valence-electron chi connectivity index (χ0n) is 13.0. The molecule has 1 heterocycles. The van der Waals surface area contributed by atoms with Crippen LogP contribution >= 0.6 is 0 Å². The number of aliphatic hydroxyl groups is 1. The maximum absolute atomic E-state index is 12.3. The number of para-hydroxylation sites is 1. The van der Waals surface area contributed by atoms with E-state index in [1.165, 1.54) is 13.0 Å². The van der Waals surface area contributed by atoms with Crippen molar-refractivity contribution in [2.45, 2.75) is 37.8 Å². The topological polar surface area (TPSA) is 87.7 Å². The summed E-state index contributed by atoms with van der Waals surface area (Å²) in [4.78, 5) is 23.6. The minimum absolute atomic E-state index is 0.0773. The lowest BCUT2D eigenvalue weighted by Gasteiger charge is -2.42. The molecule has 0 radical (unpaired) electrons. The Labute approximate surface area is 134 Å². The van der Waals surface area contributed by atoms with Gasteiger partial charge in [0.15, 0.2) is 5.76 Å². The number of fused-ring (bicyclic) bond motifs is 1. The van der Waals surface area contributed by atoms with Crippen LogP contribution in [-0.4, -0.2) is 29.0 Å². The predicted molar refractivity (Wildman–Crippen MR) is 83.5 cm³/mol. The highest BCUT2D eigenvalue weighted by Crippen LogP contribution is 2.33. The van der Waals surface area contributed by atoms with E-state index in [9.17, 15) is 14.7 Å². The van der Waals surface area contributed by atoms with Crippen molar-refractivity contribution >= 4 is 11.8 Å². The van der Waals surface area contributed by atoms with Crippen LogP contribution in [0.2, 0.25) is 0 Å². The van der Waals surface area contributed by atoms with Gasteiger partial charge in [-0.2, -0.15) is 0 Å². The molecule has 0 saturated heterocycles. The van der Waals surface area contributed by atoms with Gasteiger partial charge in [-0.3, -0.25) is 9.59 Å². The number of ether oxygens (including phenoxy) is 1. The summed E-state index contributed by atoms with van der Waals surface area (Å²) in [5, 5.41) is 15.8. The first-order chi connectivity index (χ1) is 11.0. The van der Waals surface area contributed by atoms with E-state index in [4.69, 9.17) is 4.74 Å². The second kappa shape index (κ2) is 6.04. The number of carbonyl (C=O) groups is 2. The summed E-state index contributed by atoms with van der Waals surface area (Å²) in [6.07, 6.45) is 3.25. The number of hydrogen-bond donors (Lipinski definition) is 3. The molecule has 2 amide bonds. The average molecular weight is 316 g/mol. The second-order valence-electron chi connectivity index (χ2n) is 6.11. The van der Waals surface area contributed by atoms with Crippen molar-refractivity contribution in [3.8, 4) is 5.75 Å². The monoisotopic (exact) mass is 316 g/mol. The molecule has 1 aliphatic carbocycles. The quantitative estimate of drug-likeness (QED) is 0.778. The predicted octanol–water partition coefficient (Wildman–Crippen LogP) is 1.17. The molecular weight excluding hydrogens is 296 g/mol. The molecule has 0 bridgehead atoms. The van der Waals surface area contributed by atoms with E-state index in [0.717, 1.165) is 19.3 Å². The third-order valence-electron chi connectivity index (χ3n) is 4.33. The van der Waals surface area contributed by atoms with Crippen molar-refractivity contribution < 1.29 is 19.4 Å². The van der Waals surface area contributed by atoms with Gasteiger partial charge in [-0.25, -0.2) is 0 Å². The van der Waals surface area contributed by atoms with Crippen molar-refractivity contribution in [2.24, 2.45) is 0 Å². The first kappa shape index (κ1) is 15.6. The van der Waals surface area contributed by atoms with Crippen molar-refractivity contribution in [1.82, 2.24) is 10.6 Å². The maximum atomic E-state index is 12.3. The summed E-state index contributed by atoms with van der Waals surface area (Å²) in [7, 11) is 0. The molecule has 6 heteroatoms. The van der Waals surface area contributed by atoms with E-state index < -0.39 is 12.0 Å². The highest BCUT2D eigenvalue weighted by atomic mass is 16.5. The van der Waals surface area contributed by atoms with E-state index in [1.54, 1.807) is 24.3 Å². The minimum atomic E-state index is -0.867. The molecule has 6 nitrogen and oxygen atoms in total. The average Bonchev–Trinajstić information content (AvgIpc) is 2.49. The summed E-state index contributed by atoms with van der Waals surface area (Å²) >= 11 is 0. The number of benzene rings is 1. The third-order valence-corrected chi connectivity index (χ3v) is 4.33. The molecular formula is C17H20N2O4. The van der Waals surface area contributed by atoms with Crippen LogP contribution in [0.15, 0.2) is 36.1 Å². The molecule has 1 atom stereocenters. The Morgan fingerprint density at radius 3 is 2.74 bits per heavy atom. The Morgan fingerprint density at radius 1 is 1.35 bits per heavy atom. The van der Waals surface area contributed by atoms with Crippen LogP contribution in [0.4, 0.5) is 0 Å². The molecule has 23 heavy (non-hydrogen) atoms. The van der Waals surface area contributed by atoms with Gasteiger partial charge in [0.25, 0.3) is 5.91 Å². The third kappa shape index (κ3) is 3.22. The zero-order valence-corrected chi connectivity index (χ0v) is 13.0. The van der Waals surface area contributed by atoms with Gasteiger partial charge in [0.05, 0.1) is 5.54 Å². The van der Waals surface area contributed by atoms with Gasteiger partial charge in [-0.05, 0) is 31.4 Å². The SMILES string of the molecule is CC(=O)NC1(CNC(=O)C2=CC(O)c3ccccc3O2)CCC1. The van der Waals surface area contributed by atoms with Crippen LogP contribution in [0.3, 0.4) is 0 Å². The van der Waals surface area contributed by atoms with E-state index in [0.29, 0.717) is 17.9 Å². The number of aliphatic hydroxyl groups excluding tert-OH is 1. The maximum Gasteiger partial charge on any atom is 0.286 e. The Morgan fingerprint density at radius 2 is 2.09 bits per heavy atom. The lowest BCUT2D eigenvalue weighted by atomic mass is 9.76. The minimum Gasteiger partial charge on any atom is -0.451 e. The Hall–Kier alpha value is -2.34. The van der Waals surface area contributed by atoms with Crippen molar-refractivity contribution in [1.29, 1.82) is 0 Å². The molecule has 2 aliphatic rings. The molecule has 122 valence electrons. The number of carbonyl (C=O) groups excluding carboxylic acids is 2. The fraction of sp³-hybridized carbons (Fsp3) is 0.412. The summed E-state index contributed by atoms with van der Waals surface area (Å²) in [6.45, 7) is 1.83. The van der Waals surface area contributed by atoms with Crippen LogP contribution in [0, 0.1) is 0 Å². The van der Waals surface area contributed by atoms with E-state index in [2.05, 4.69) is 10.6 Å². The van der Waals surface area contributed by atoms with E-state index >= 15 is 0 Å². The zero-order chi connectivity index (χ0) is 16.4. The molecule has 1 fully saturated rings. The smallest absolute Gasteiger partial charge is 0.286 e. The molecule has 1 unspecified atom stereocenters. The first-order valence-corrected chi connectivity index (χ1v) is 7.73. The van der Waals surface area contributed by atoms with Crippen molar-refractivity contribution in [3.05, 3.63) is 41.7 Å². The van der Waals surface area contributed by atoms with Gasteiger partial charge in [0.2, 0.25) is 5.91 Å². The van der Waals surface area contributed by atoms with Gasteiger partial charge in [-0.1, -0.05) is 18.2 Å². The van der Waals surface area contributed by atoms with Crippen LogP contribution in [-0.2, 0) is 9.59 Å². The molecule has 0 aromatic heterocycles. The summed E-state index contributed by atoms with van der Waals surface area (Å²) in [5.74, 6) is 0.0629. The lowest BCUT2D eigenvalue weighted by molar-refractivity contribution is -0.124. The van der Waals surface area contributed by atoms with E-state index in [-0.39, 0.29) is 17.2 Å². The highest BCUT2D eigenvalue weighted by molar-refractivity contribution is 5.92. The molecule has 1 aliphatic heterocycles. The van der Waals surface area contributed by atoms with E-state index in [1.807, 2.05) is 0 Å². The van der Waals surface area contributed by atoms with Gasteiger partial charge < -0.3 is 20.5 Å². The number of nitrogens with one attached hydrogen (secondary N) is 2. The number of amides is 2. The van der Waals surface area contributed by atoms with Crippen molar-refractivity contribution in [3.63, 3.8) is 0 Å². The lowest BCUT2D eigenvalue weighted by Crippen LogP contribution is -2.59. The molecule has 3 N–H and O–H groups in total. The fourth-order valence-corrected chi connectivity index (χ4v) is 2.99. The molecule has 1 aromatic carbocycles. The summed E-state index contributed by atoms with van der Waals surface area (Å²) in [5.41, 5.74) is 0.283. The normalized spacial score (nSPS) is 21.1.